The van der Waals surface area contributed by atoms with Crippen LogP contribution in [0.15, 0.2) is 0 Å². The third-order valence-electron chi connectivity index (χ3n) is 1.48. The molecule has 0 fully saturated rings. The average Bonchev–Trinajstić information content (AvgIpc) is 2.33. The van der Waals surface area contributed by atoms with Gasteiger partial charge in [-0.25, -0.2) is 0 Å². The summed E-state index contributed by atoms with van der Waals surface area (Å²) in [6.45, 7) is 0. The van der Waals surface area contributed by atoms with Gasteiger partial charge in [0.2, 0.25) is 0 Å². The van der Waals surface area contributed by atoms with E-state index in [0.29, 0.717) is 0 Å². The van der Waals surface area contributed by atoms with Crippen molar-refractivity contribution < 1.29 is 18.7 Å². The highest BCUT2D eigenvalue weighted by Crippen LogP contribution is 2.49. The Kier molecular flexibility index (Phi) is 9.97. The molecule has 0 bridgehead atoms. The maximum absolute atomic E-state index is 11.9. The maximum atomic E-state index is 11.9. The summed E-state index contributed by atoms with van der Waals surface area (Å²) in [6, 6.07) is 0. The Labute approximate surface area is 115 Å². The van der Waals surface area contributed by atoms with Crippen molar-refractivity contribution in [1.82, 2.24) is 0 Å². The quantitative estimate of drug-likeness (QED) is 0.520. The number of aliphatic hydroxyl groups excluding tert-OH is 1. The first-order valence-electron chi connectivity index (χ1n) is 4.35. The highest BCUT2D eigenvalue weighted by molar-refractivity contribution is 7.53. The van der Waals surface area contributed by atoms with Crippen molar-refractivity contribution in [2.75, 3.05) is 29.9 Å². The van der Waals surface area contributed by atoms with Gasteiger partial charge in [-0.15, -0.1) is 46.4 Å². The van der Waals surface area contributed by atoms with Gasteiger partial charge < -0.3 is 14.2 Å². The van der Waals surface area contributed by atoms with Crippen molar-refractivity contribution in [2.24, 2.45) is 0 Å². The Hall–Kier alpha value is 1.27. The molecule has 0 rings (SSSR count). The van der Waals surface area contributed by atoms with E-state index < -0.39 is 26.2 Å². The zero-order chi connectivity index (χ0) is 12.6. The van der Waals surface area contributed by atoms with Crippen molar-refractivity contribution in [2.45, 2.75) is 12.2 Å². The normalized spacial score (nSPS) is 12.7. The molecule has 0 aliphatic rings. The Morgan fingerprint density at radius 2 is 1.25 bits per heavy atom. The molecule has 0 spiro atoms. The number of halogens is 4. The molecule has 0 saturated heterocycles. The predicted octanol–water partition coefficient (Wildman–Crippen LogP) is 2.85. The molecule has 0 heterocycles. The van der Waals surface area contributed by atoms with E-state index in [1.165, 1.54) is 0 Å². The molecule has 0 radical (unpaired) electrons. The molecule has 0 aromatic rings. The first-order valence-corrected chi connectivity index (χ1v) is 8.22. The van der Waals surface area contributed by atoms with Crippen molar-refractivity contribution >= 4 is 54.0 Å². The summed E-state index contributed by atoms with van der Waals surface area (Å²) in [5.74, 6) is 0.180. The van der Waals surface area contributed by atoms with Crippen LogP contribution in [0.1, 0.15) is 0 Å². The maximum Gasteiger partial charge on any atom is 0.356 e. The molecule has 98 valence electrons. The van der Waals surface area contributed by atoms with Gasteiger partial charge in [0.05, 0.1) is 35.7 Å². The lowest BCUT2D eigenvalue weighted by Crippen LogP contribution is -2.22. The first kappa shape index (κ1) is 17.3. The van der Waals surface area contributed by atoms with Crippen molar-refractivity contribution in [3.05, 3.63) is 0 Å². The van der Waals surface area contributed by atoms with Gasteiger partial charge in [-0.3, -0.25) is 4.57 Å². The Morgan fingerprint density at radius 1 is 0.938 bits per heavy atom. The van der Waals surface area contributed by atoms with Crippen LogP contribution >= 0.6 is 54.0 Å². The van der Waals surface area contributed by atoms with E-state index >= 15 is 0 Å². The van der Waals surface area contributed by atoms with E-state index in [4.69, 9.17) is 60.6 Å². The third kappa shape index (κ3) is 6.27. The Morgan fingerprint density at radius 3 is 1.44 bits per heavy atom. The van der Waals surface area contributed by atoms with Crippen molar-refractivity contribution in [3.63, 3.8) is 0 Å². The Bertz CT molecular complexity index is 204. The fourth-order valence-electron chi connectivity index (χ4n) is 0.741. The lowest BCUT2D eigenvalue weighted by molar-refractivity contribution is 0.130. The Balaban J connectivity index is 4.45. The number of aliphatic hydroxyl groups is 1. The molecule has 0 amide bonds. The second-order valence-electron chi connectivity index (χ2n) is 2.82. The van der Waals surface area contributed by atoms with Gasteiger partial charge in [0.25, 0.3) is 0 Å². The van der Waals surface area contributed by atoms with E-state index in [-0.39, 0.29) is 23.5 Å². The lowest BCUT2D eigenvalue weighted by Gasteiger charge is -2.23. The van der Waals surface area contributed by atoms with Crippen LogP contribution in [0.4, 0.5) is 0 Å². The highest BCUT2D eigenvalue weighted by atomic mass is 35.5. The summed E-state index contributed by atoms with van der Waals surface area (Å²) in [6.07, 6.45) is -2.10. The average molecular weight is 334 g/mol. The van der Waals surface area contributed by atoms with Crippen LogP contribution in [0, 0.1) is 0 Å². The lowest BCUT2D eigenvalue weighted by atomic mass is 10.5. The molecule has 0 aromatic heterocycles. The van der Waals surface area contributed by atoms with Gasteiger partial charge in [0, 0.05) is 0 Å². The van der Waals surface area contributed by atoms with Gasteiger partial charge >= 0.3 is 7.60 Å². The second-order valence-corrected chi connectivity index (χ2v) is 5.99. The van der Waals surface area contributed by atoms with E-state index in [1.54, 1.807) is 0 Å². The van der Waals surface area contributed by atoms with Crippen LogP contribution in [0.3, 0.4) is 0 Å². The predicted molar refractivity (Wildman–Crippen MR) is 67.3 cm³/mol. The minimum Gasteiger partial charge on any atom is -0.384 e. The van der Waals surface area contributed by atoms with Crippen LogP contribution in [0.25, 0.3) is 0 Å². The summed E-state index contributed by atoms with van der Waals surface area (Å²) < 4.78 is 22.0. The van der Waals surface area contributed by atoms with Crippen LogP contribution in [0.5, 0.6) is 0 Å². The molecule has 16 heavy (non-hydrogen) atoms. The summed E-state index contributed by atoms with van der Waals surface area (Å²) in [5.41, 5.74) is 0. The molecule has 9 heteroatoms. The summed E-state index contributed by atoms with van der Waals surface area (Å²) in [7, 11) is -3.66. The zero-order valence-corrected chi connectivity index (χ0v) is 12.2. The number of hydrogen-bond donors (Lipinski definition) is 1. The first-order chi connectivity index (χ1) is 7.55. The number of alkyl halides is 4. The summed E-state index contributed by atoms with van der Waals surface area (Å²) in [4.78, 5) is 0. The topological polar surface area (TPSA) is 55.8 Å². The third-order valence-corrected chi connectivity index (χ3v) is 4.44. The van der Waals surface area contributed by atoms with Gasteiger partial charge in [-0.1, -0.05) is 0 Å². The van der Waals surface area contributed by atoms with Crippen molar-refractivity contribution in [1.29, 1.82) is 0 Å². The van der Waals surface area contributed by atoms with E-state index in [0.717, 1.165) is 0 Å². The zero-order valence-electron chi connectivity index (χ0n) is 8.32. The standard InChI is InChI=1S/C7H13Cl4O4P/c8-1-6(2-9)14-16(13,5-12)15-7(3-10)4-11/h6-7,12H,1-5H2. The van der Waals surface area contributed by atoms with Gasteiger partial charge in [-0.2, -0.15) is 0 Å². The smallest absolute Gasteiger partial charge is 0.356 e. The highest BCUT2D eigenvalue weighted by Gasteiger charge is 2.30. The van der Waals surface area contributed by atoms with Crippen LogP contribution in [0.2, 0.25) is 0 Å². The van der Waals surface area contributed by atoms with E-state index in [2.05, 4.69) is 0 Å². The molecule has 0 aliphatic heterocycles. The largest absolute Gasteiger partial charge is 0.384 e. The van der Waals surface area contributed by atoms with Crippen LogP contribution in [-0.4, -0.2) is 47.2 Å². The SMILES string of the molecule is O=P(CO)(OC(CCl)CCl)OC(CCl)CCl. The van der Waals surface area contributed by atoms with Crippen LogP contribution < -0.4 is 0 Å². The summed E-state index contributed by atoms with van der Waals surface area (Å²) in [5, 5.41) is 8.98. The van der Waals surface area contributed by atoms with Gasteiger partial charge in [0.1, 0.15) is 6.35 Å². The molecule has 4 nitrogen and oxygen atoms in total. The van der Waals surface area contributed by atoms with E-state index in [1.807, 2.05) is 0 Å². The fraction of sp³-hybridized carbons (Fsp3) is 1.00. The molecule has 0 aromatic carbocycles. The minimum absolute atomic E-state index is 0.0449. The van der Waals surface area contributed by atoms with Crippen molar-refractivity contribution in [3.8, 4) is 0 Å². The number of hydrogen-bond acceptors (Lipinski definition) is 4. The fourth-order valence-corrected chi connectivity index (χ4v) is 3.39. The molecule has 0 unspecified atom stereocenters. The van der Waals surface area contributed by atoms with Gasteiger partial charge in [0.15, 0.2) is 0 Å². The molecular formula is C7H13Cl4O4P. The summed E-state index contributed by atoms with van der Waals surface area (Å²) >= 11 is 22.1. The van der Waals surface area contributed by atoms with Crippen LogP contribution in [-0.2, 0) is 13.6 Å². The molecule has 0 atom stereocenters. The molecule has 1 N–H and O–H groups in total. The van der Waals surface area contributed by atoms with E-state index in [9.17, 15) is 4.57 Å². The molecule has 0 saturated carbocycles. The monoisotopic (exact) mass is 332 g/mol. The molecule has 0 aliphatic carbocycles. The van der Waals surface area contributed by atoms with Gasteiger partial charge in [-0.05, 0) is 0 Å². The number of rotatable bonds is 9. The molecular weight excluding hydrogens is 321 g/mol. The second kappa shape index (κ2) is 9.23. The minimum atomic E-state index is -3.66.